The maximum Gasteiger partial charge on any atom is 0.433 e. The van der Waals surface area contributed by atoms with Gasteiger partial charge in [0.1, 0.15) is 5.69 Å². The second-order valence-electron chi connectivity index (χ2n) is 6.91. The van der Waals surface area contributed by atoms with Crippen LogP contribution in [0.15, 0.2) is 60.0 Å². The molecule has 0 atom stereocenters. The minimum absolute atomic E-state index is 0. The molecule has 2 heterocycles. The van der Waals surface area contributed by atoms with Crippen molar-refractivity contribution in [2.75, 3.05) is 32.0 Å². The highest BCUT2D eigenvalue weighted by Crippen LogP contribution is 2.27. The molecule has 0 aliphatic carbocycles. The van der Waals surface area contributed by atoms with Crippen LogP contribution in [0, 0.1) is 0 Å². The first-order chi connectivity index (χ1) is 15.4. The summed E-state index contributed by atoms with van der Waals surface area (Å²) in [5.41, 5.74) is 1.00. The lowest BCUT2D eigenvalue weighted by Crippen LogP contribution is -2.38. The summed E-state index contributed by atoms with van der Waals surface area (Å²) in [4.78, 5) is 13.8. The summed E-state index contributed by atoms with van der Waals surface area (Å²) in [6, 6.07) is 10.7. The number of benzene rings is 1. The normalized spacial score (nSPS) is 11.6. The molecule has 0 aliphatic heterocycles. The van der Waals surface area contributed by atoms with Gasteiger partial charge in [-0.15, -0.1) is 24.0 Å². The van der Waals surface area contributed by atoms with Crippen LogP contribution >= 0.6 is 24.0 Å². The number of halogens is 4. The van der Waals surface area contributed by atoms with Crippen LogP contribution in [0.4, 0.5) is 19.1 Å². The van der Waals surface area contributed by atoms with E-state index >= 15 is 0 Å². The highest BCUT2D eigenvalue weighted by atomic mass is 127. The smallest absolute Gasteiger partial charge is 0.357 e. The van der Waals surface area contributed by atoms with E-state index in [-0.39, 0.29) is 36.5 Å². The molecule has 0 aliphatic rings. The van der Waals surface area contributed by atoms with Gasteiger partial charge in [-0.2, -0.15) is 18.3 Å². The zero-order valence-corrected chi connectivity index (χ0v) is 20.6. The average Bonchev–Trinajstić information content (AvgIpc) is 3.24. The summed E-state index contributed by atoms with van der Waals surface area (Å²) in [5.74, 6) is 0.591. The third kappa shape index (κ3) is 7.87. The van der Waals surface area contributed by atoms with Crippen LogP contribution in [0.25, 0.3) is 5.69 Å². The second-order valence-corrected chi connectivity index (χ2v) is 6.91. The van der Waals surface area contributed by atoms with Crippen molar-refractivity contribution in [1.82, 2.24) is 30.0 Å². The van der Waals surface area contributed by atoms with Crippen molar-refractivity contribution in [1.29, 1.82) is 0 Å². The maximum atomic E-state index is 12.8. The van der Waals surface area contributed by atoms with Crippen LogP contribution in [0.2, 0.25) is 0 Å². The van der Waals surface area contributed by atoms with Gasteiger partial charge in [0, 0.05) is 44.6 Å². The van der Waals surface area contributed by atoms with Crippen molar-refractivity contribution in [2.24, 2.45) is 4.99 Å². The predicted octanol–water partition coefficient (Wildman–Crippen LogP) is 3.81. The minimum Gasteiger partial charge on any atom is -0.357 e. The first-order valence-corrected chi connectivity index (χ1v) is 10.1. The summed E-state index contributed by atoms with van der Waals surface area (Å²) in [6.45, 7) is 3.84. The van der Waals surface area contributed by atoms with Crippen LogP contribution in [-0.2, 0) is 12.7 Å². The molecule has 0 amide bonds. The Morgan fingerprint density at radius 3 is 2.64 bits per heavy atom. The number of aliphatic imine (C=N–C) groups is 1. The first kappa shape index (κ1) is 26.4. The predicted molar refractivity (Wildman–Crippen MR) is 132 cm³/mol. The van der Waals surface area contributed by atoms with Crippen molar-refractivity contribution in [3.63, 3.8) is 0 Å². The monoisotopic (exact) mass is 574 g/mol. The summed E-state index contributed by atoms with van der Waals surface area (Å²) >= 11 is 0. The number of rotatable bonds is 8. The van der Waals surface area contributed by atoms with Gasteiger partial charge in [-0.25, -0.2) is 14.6 Å². The Morgan fingerprint density at radius 2 is 1.94 bits per heavy atom. The third-order valence-corrected chi connectivity index (χ3v) is 4.38. The van der Waals surface area contributed by atoms with Gasteiger partial charge in [-0.3, -0.25) is 4.99 Å². The molecule has 0 unspecified atom stereocenters. The molecule has 12 heteroatoms. The molecule has 178 valence electrons. The standard InChI is InChI=1S/C21H25F3N8.HI/c1-3-25-20(28-12-11-27-19-26-10-9-18(30-19)21(22,23)24)31(2)14-16-13-29-32(15-16)17-7-5-4-6-8-17;/h4-10,13,15H,3,11-12,14H2,1-2H3,(H,25,28)(H,26,27,30);1H. The van der Waals surface area contributed by atoms with Gasteiger partial charge in [0.25, 0.3) is 0 Å². The molecule has 2 aromatic heterocycles. The Balaban J connectivity index is 0.00000385. The summed E-state index contributed by atoms with van der Waals surface area (Å²) in [6.07, 6.45) is 0.336. The fourth-order valence-electron chi connectivity index (χ4n) is 2.91. The van der Waals surface area contributed by atoms with E-state index in [2.05, 4.69) is 30.7 Å². The van der Waals surface area contributed by atoms with Crippen LogP contribution in [0.1, 0.15) is 18.2 Å². The van der Waals surface area contributed by atoms with Crippen molar-refractivity contribution in [3.8, 4) is 5.69 Å². The Hall–Kier alpha value is -2.90. The Labute approximate surface area is 207 Å². The summed E-state index contributed by atoms with van der Waals surface area (Å²) < 4.78 is 40.1. The lowest BCUT2D eigenvalue weighted by atomic mass is 10.3. The van der Waals surface area contributed by atoms with Gasteiger partial charge in [0.2, 0.25) is 5.95 Å². The van der Waals surface area contributed by atoms with Crippen molar-refractivity contribution in [2.45, 2.75) is 19.6 Å². The van der Waals surface area contributed by atoms with Gasteiger partial charge < -0.3 is 15.5 Å². The Morgan fingerprint density at radius 1 is 1.18 bits per heavy atom. The fourth-order valence-corrected chi connectivity index (χ4v) is 2.91. The lowest BCUT2D eigenvalue weighted by Gasteiger charge is -2.21. The van der Waals surface area contributed by atoms with E-state index in [1.54, 1.807) is 6.20 Å². The largest absolute Gasteiger partial charge is 0.433 e. The van der Waals surface area contributed by atoms with Crippen LogP contribution in [0.5, 0.6) is 0 Å². The van der Waals surface area contributed by atoms with Crippen LogP contribution in [-0.4, -0.2) is 57.3 Å². The lowest BCUT2D eigenvalue weighted by molar-refractivity contribution is -0.141. The van der Waals surface area contributed by atoms with Crippen LogP contribution in [0.3, 0.4) is 0 Å². The van der Waals surface area contributed by atoms with Crippen molar-refractivity contribution in [3.05, 3.63) is 66.2 Å². The highest BCUT2D eigenvalue weighted by molar-refractivity contribution is 14.0. The van der Waals surface area contributed by atoms with E-state index < -0.39 is 11.9 Å². The molecule has 3 aromatic rings. The Kier molecular flexibility index (Phi) is 9.88. The molecule has 0 saturated carbocycles. The first-order valence-electron chi connectivity index (χ1n) is 10.1. The number of alkyl halides is 3. The average molecular weight is 574 g/mol. The van der Waals surface area contributed by atoms with Gasteiger partial charge >= 0.3 is 6.18 Å². The van der Waals surface area contributed by atoms with E-state index in [1.165, 1.54) is 0 Å². The van der Waals surface area contributed by atoms with Gasteiger partial charge in [0.05, 0.1) is 18.4 Å². The molecule has 8 nitrogen and oxygen atoms in total. The zero-order chi connectivity index (χ0) is 23.0. The summed E-state index contributed by atoms with van der Waals surface area (Å²) in [5, 5.41) is 10.4. The van der Waals surface area contributed by atoms with E-state index in [0.29, 0.717) is 25.6 Å². The van der Waals surface area contributed by atoms with E-state index in [1.807, 2.05) is 60.1 Å². The topological polar surface area (TPSA) is 83.3 Å². The van der Waals surface area contributed by atoms with Crippen LogP contribution < -0.4 is 10.6 Å². The molecule has 3 rings (SSSR count). The fraction of sp³-hybridized carbons (Fsp3) is 0.333. The summed E-state index contributed by atoms with van der Waals surface area (Å²) in [7, 11) is 1.91. The third-order valence-electron chi connectivity index (χ3n) is 4.38. The molecular formula is C21H26F3IN8. The number of aromatic nitrogens is 4. The quantitative estimate of drug-likeness (QED) is 0.184. The van der Waals surface area contributed by atoms with Crippen molar-refractivity contribution >= 4 is 35.9 Å². The molecule has 0 saturated heterocycles. The van der Waals surface area contributed by atoms with E-state index in [4.69, 9.17) is 0 Å². The SMILES string of the molecule is CCNC(=NCCNc1nccc(C(F)(F)F)n1)N(C)Cc1cnn(-c2ccccc2)c1.I. The van der Waals surface area contributed by atoms with Gasteiger partial charge in [0.15, 0.2) is 5.96 Å². The minimum atomic E-state index is -4.51. The number of anilines is 1. The number of hydrogen-bond donors (Lipinski definition) is 2. The maximum absolute atomic E-state index is 12.8. The molecular weight excluding hydrogens is 548 g/mol. The molecule has 0 fully saturated rings. The number of nitrogens with zero attached hydrogens (tertiary/aromatic N) is 6. The molecule has 0 spiro atoms. The number of nitrogens with one attached hydrogen (secondary N) is 2. The molecule has 1 aromatic carbocycles. The second kappa shape index (κ2) is 12.4. The van der Waals surface area contributed by atoms with E-state index in [9.17, 15) is 13.2 Å². The number of para-hydroxylation sites is 1. The zero-order valence-electron chi connectivity index (χ0n) is 18.3. The molecule has 2 N–H and O–H groups in total. The molecule has 0 bridgehead atoms. The van der Waals surface area contributed by atoms with E-state index in [0.717, 1.165) is 23.5 Å². The number of guanidine groups is 1. The van der Waals surface area contributed by atoms with Crippen molar-refractivity contribution < 1.29 is 13.2 Å². The molecule has 0 radical (unpaired) electrons. The van der Waals surface area contributed by atoms with Gasteiger partial charge in [-0.05, 0) is 25.1 Å². The Bertz CT molecular complexity index is 1020. The number of hydrogen-bond acceptors (Lipinski definition) is 5. The molecule has 33 heavy (non-hydrogen) atoms. The van der Waals surface area contributed by atoms with Gasteiger partial charge in [-0.1, -0.05) is 18.2 Å². The highest BCUT2D eigenvalue weighted by Gasteiger charge is 2.32.